The van der Waals surface area contributed by atoms with E-state index in [4.69, 9.17) is 4.74 Å². The molecule has 0 radical (unpaired) electrons. The van der Waals surface area contributed by atoms with E-state index in [9.17, 15) is 9.59 Å². The van der Waals surface area contributed by atoms with Gasteiger partial charge in [-0.3, -0.25) is 9.59 Å². The topological polar surface area (TPSA) is 96.5 Å². The lowest BCUT2D eigenvalue weighted by atomic mass is 9.97. The van der Waals surface area contributed by atoms with E-state index in [0.717, 1.165) is 19.4 Å². The first kappa shape index (κ1) is 19.6. The number of hydrogen-bond donors (Lipinski definition) is 2. The second-order valence-electron chi connectivity index (χ2n) is 6.61. The van der Waals surface area contributed by atoms with Crippen molar-refractivity contribution in [3.05, 3.63) is 48.3 Å². The zero-order valence-corrected chi connectivity index (χ0v) is 15.9. The van der Waals surface area contributed by atoms with E-state index >= 15 is 0 Å². The Labute approximate surface area is 164 Å². The van der Waals surface area contributed by atoms with Crippen LogP contribution >= 0.6 is 0 Å². The fraction of sp³-hybridized carbons (Fsp3) is 0.400. The van der Waals surface area contributed by atoms with Gasteiger partial charge < -0.3 is 20.3 Å². The molecule has 8 heteroatoms. The largest absolute Gasteiger partial charge is 0.497 e. The number of ether oxygens (including phenoxy) is 1. The third kappa shape index (κ3) is 5.18. The zero-order valence-electron chi connectivity index (χ0n) is 15.9. The maximum absolute atomic E-state index is 12.5. The predicted molar refractivity (Wildman–Crippen MR) is 105 cm³/mol. The van der Waals surface area contributed by atoms with E-state index in [2.05, 4.69) is 20.6 Å². The summed E-state index contributed by atoms with van der Waals surface area (Å²) in [5.74, 6) is 1.08. The van der Waals surface area contributed by atoms with Crippen LogP contribution in [0.4, 0.5) is 5.95 Å². The molecule has 0 bridgehead atoms. The fourth-order valence-corrected chi connectivity index (χ4v) is 3.18. The van der Waals surface area contributed by atoms with Gasteiger partial charge in [0.05, 0.1) is 13.0 Å². The lowest BCUT2D eigenvalue weighted by Gasteiger charge is -2.31. The Hall–Kier alpha value is -3.16. The number of benzene rings is 1. The van der Waals surface area contributed by atoms with Crippen LogP contribution < -0.4 is 20.3 Å². The minimum absolute atomic E-state index is 0.000623. The Kier molecular flexibility index (Phi) is 6.78. The molecule has 3 rings (SSSR count). The first-order valence-electron chi connectivity index (χ1n) is 9.39. The number of nitrogens with one attached hydrogen (secondary N) is 2. The number of methoxy groups -OCH3 is 1. The first-order valence-corrected chi connectivity index (χ1v) is 9.39. The molecule has 1 atom stereocenters. The highest BCUT2D eigenvalue weighted by Crippen LogP contribution is 2.20. The summed E-state index contributed by atoms with van der Waals surface area (Å²) in [4.78, 5) is 35.1. The van der Waals surface area contributed by atoms with Gasteiger partial charge in [-0.2, -0.15) is 0 Å². The van der Waals surface area contributed by atoms with Crippen molar-refractivity contribution in [2.75, 3.05) is 38.2 Å². The van der Waals surface area contributed by atoms with E-state index in [1.807, 2.05) is 4.90 Å². The fourth-order valence-electron chi connectivity index (χ4n) is 3.18. The van der Waals surface area contributed by atoms with Crippen LogP contribution in [-0.4, -0.2) is 55.1 Å². The molecule has 28 heavy (non-hydrogen) atoms. The van der Waals surface area contributed by atoms with Gasteiger partial charge in [-0.15, -0.1) is 0 Å². The Bertz CT molecular complexity index is 782. The minimum Gasteiger partial charge on any atom is -0.497 e. The summed E-state index contributed by atoms with van der Waals surface area (Å²) in [6.07, 6.45) is 5.17. The van der Waals surface area contributed by atoms with Crippen molar-refractivity contribution in [3.8, 4) is 5.75 Å². The van der Waals surface area contributed by atoms with E-state index in [-0.39, 0.29) is 17.7 Å². The number of amides is 2. The first-order chi connectivity index (χ1) is 13.7. The standard InChI is InChI=1S/C20H25N5O3/c1-28-17-7-5-15(6-8-17)18(26)21-11-12-22-19(27)16-4-2-13-25(14-16)20-23-9-3-10-24-20/h3,5-10,16H,2,4,11-14H2,1H3,(H,21,26)(H,22,27). The average Bonchev–Trinajstić information content (AvgIpc) is 2.77. The summed E-state index contributed by atoms with van der Waals surface area (Å²) in [7, 11) is 1.58. The van der Waals surface area contributed by atoms with Crippen molar-refractivity contribution in [1.29, 1.82) is 0 Å². The van der Waals surface area contributed by atoms with Crippen LogP contribution in [0.3, 0.4) is 0 Å². The molecule has 2 N–H and O–H groups in total. The monoisotopic (exact) mass is 383 g/mol. The third-order valence-electron chi connectivity index (χ3n) is 4.69. The van der Waals surface area contributed by atoms with Crippen molar-refractivity contribution in [2.24, 2.45) is 5.92 Å². The number of rotatable bonds is 7. The van der Waals surface area contributed by atoms with Gasteiger partial charge in [0, 0.05) is 44.1 Å². The molecule has 0 aliphatic carbocycles. The highest BCUT2D eigenvalue weighted by Gasteiger charge is 2.26. The van der Waals surface area contributed by atoms with Gasteiger partial charge in [-0.05, 0) is 43.2 Å². The van der Waals surface area contributed by atoms with Gasteiger partial charge in [-0.25, -0.2) is 9.97 Å². The number of carbonyl (C=O) groups is 2. The van der Waals surface area contributed by atoms with Crippen LogP contribution in [0, 0.1) is 5.92 Å². The molecule has 0 saturated carbocycles. The summed E-state index contributed by atoms with van der Waals surface area (Å²) in [5.41, 5.74) is 0.554. The SMILES string of the molecule is COc1ccc(C(=O)NCCNC(=O)C2CCCN(c3ncccn3)C2)cc1. The van der Waals surface area contributed by atoms with Gasteiger partial charge in [0.15, 0.2) is 0 Å². The molecule has 1 unspecified atom stereocenters. The molecule has 2 aromatic rings. The van der Waals surface area contributed by atoms with E-state index in [0.29, 0.717) is 36.9 Å². The quantitative estimate of drug-likeness (QED) is 0.699. The maximum atomic E-state index is 12.5. The molecule has 148 valence electrons. The maximum Gasteiger partial charge on any atom is 0.251 e. The molecule has 2 amide bonds. The normalized spacial score (nSPS) is 16.3. The van der Waals surface area contributed by atoms with E-state index in [1.54, 1.807) is 49.8 Å². The number of anilines is 1. The minimum atomic E-state index is -0.179. The van der Waals surface area contributed by atoms with Gasteiger partial charge in [0.1, 0.15) is 5.75 Å². The molecular weight excluding hydrogens is 358 g/mol. The average molecular weight is 383 g/mol. The molecular formula is C20H25N5O3. The van der Waals surface area contributed by atoms with Crippen molar-refractivity contribution < 1.29 is 14.3 Å². The lowest BCUT2D eigenvalue weighted by Crippen LogP contribution is -2.45. The molecule has 1 saturated heterocycles. The summed E-state index contributed by atoms with van der Waals surface area (Å²) in [6.45, 7) is 2.22. The van der Waals surface area contributed by atoms with Crippen LogP contribution in [0.15, 0.2) is 42.7 Å². The highest BCUT2D eigenvalue weighted by atomic mass is 16.5. The van der Waals surface area contributed by atoms with Crippen molar-refractivity contribution in [1.82, 2.24) is 20.6 Å². The third-order valence-corrected chi connectivity index (χ3v) is 4.69. The van der Waals surface area contributed by atoms with E-state index < -0.39 is 0 Å². The Morgan fingerprint density at radius 3 is 2.57 bits per heavy atom. The number of nitrogens with zero attached hydrogens (tertiary/aromatic N) is 3. The second-order valence-corrected chi connectivity index (χ2v) is 6.61. The molecule has 1 aromatic carbocycles. The summed E-state index contributed by atoms with van der Waals surface area (Å²) in [5, 5.41) is 5.71. The second kappa shape index (κ2) is 9.68. The van der Waals surface area contributed by atoms with Crippen molar-refractivity contribution in [2.45, 2.75) is 12.8 Å². The molecule has 0 spiro atoms. The summed E-state index contributed by atoms with van der Waals surface area (Å²) < 4.78 is 5.08. The van der Waals surface area contributed by atoms with E-state index in [1.165, 1.54) is 0 Å². The zero-order chi connectivity index (χ0) is 19.8. The smallest absolute Gasteiger partial charge is 0.251 e. The van der Waals surface area contributed by atoms with Gasteiger partial charge in [0.25, 0.3) is 5.91 Å². The van der Waals surface area contributed by atoms with Gasteiger partial charge >= 0.3 is 0 Å². The number of carbonyl (C=O) groups excluding carboxylic acids is 2. The van der Waals surface area contributed by atoms with Crippen LogP contribution in [-0.2, 0) is 4.79 Å². The summed E-state index contributed by atoms with van der Waals surface area (Å²) in [6, 6.07) is 8.66. The number of aromatic nitrogens is 2. The predicted octanol–water partition coefficient (Wildman–Crippen LogP) is 1.25. The molecule has 2 heterocycles. The Morgan fingerprint density at radius 2 is 1.86 bits per heavy atom. The Morgan fingerprint density at radius 1 is 1.14 bits per heavy atom. The van der Waals surface area contributed by atoms with Crippen LogP contribution in [0.5, 0.6) is 5.75 Å². The number of piperidine rings is 1. The van der Waals surface area contributed by atoms with Crippen LogP contribution in [0.2, 0.25) is 0 Å². The van der Waals surface area contributed by atoms with Crippen LogP contribution in [0.25, 0.3) is 0 Å². The van der Waals surface area contributed by atoms with Gasteiger partial charge in [0.2, 0.25) is 11.9 Å². The molecule has 8 nitrogen and oxygen atoms in total. The molecule has 1 aliphatic heterocycles. The molecule has 1 aromatic heterocycles. The molecule has 1 fully saturated rings. The van der Waals surface area contributed by atoms with Gasteiger partial charge in [-0.1, -0.05) is 0 Å². The van der Waals surface area contributed by atoms with Crippen molar-refractivity contribution >= 4 is 17.8 Å². The summed E-state index contributed by atoms with van der Waals surface area (Å²) >= 11 is 0. The highest BCUT2D eigenvalue weighted by molar-refractivity contribution is 5.94. The van der Waals surface area contributed by atoms with Crippen molar-refractivity contribution in [3.63, 3.8) is 0 Å². The Balaban J connectivity index is 1.40. The lowest BCUT2D eigenvalue weighted by molar-refractivity contribution is -0.125. The van der Waals surface area contributed by atoms with Crippen LogP contribution in [0.1, 0.15) is 23.2 Å². The molecule has 1 aliphatic rings. The number of hydrogen-bond acceptors (Lipinski definition) is 6.